The molecule has 2 heterocycles. The molecule has 0 aromatic heterocycles. The van der Waals surface area contributed by atoms with Gasteiger partial charge >= 0.3 is 5.97 Å². The maximum Gasteiger partial charge on any atom is 0.310 e. The molecule has 2 saturated heterocycles. The lowest BCUT2D eigenvalue weighted by atomic mass is 9.78. The van der Waals surface area contributed by atoms with Crippen molar-refractivity contribution in [3.63, 3.8) is 0 Å². The van der Waals surface area contributed by atoms with Crippen molar-refractivity contribution < 1.29 is 27.9 Å². The van der Waals surface area contributed by atoms with Crippen LogP contribution in [0.25, 0.3) is 0 Å². The van der Waals surface area contributed by atoms with E-state index < -0.39 is 39.8 Å². The van der Waals surface area contributed by atoms with E-state index in [2.05, 4.69) is 5.32 Å². The van der Waals surface area contributed by atoms with Crippen LogP contribution in [0.2, 0.25) is 0 Å². The second kappa shape index (κ2) is 5.59. The van der Waals surface area contributed by atoms with Crippen molar-refractivity contribution in [2.75, 3.05) is 5.32 Å². The molecule has 4 N–H and O–H groups in total. The molecule has 8 nitrogen and oxygen atoms in total. The molecule has 23 heavy (non-hydrogen) atoms. The van der Waals surface area contributed by atoms with E-state index in [4.69, 9.17) is 9.88 Å². The van der Waals surface area contributed by atoms with Gasteiger partial charge in [-0.2, -0.15) is 0 Å². The van der Waals surface area contributed by atoms with E-state index >= 15 is 0 Å². The van der Waals surface area contributed by atoms with Crippen LogP contribution in [0, 0.1) is 11.8 Å². The molecule has 2 aliphatic rings. The Balaban J connectivity index is 1.75. The average molecular weight is 340 g/mol. The number of carboxylic acids is 1. The molecule has 0 aliphatic carbocycles. The Morgan fingerprint density at radius 3 is 2.22 bits per heavy atom. The first-order valence-electron chi connectivity index (χ1n) is 7.09. The second-order valence-electron chi connectivity index (χ2n) is 5.74. The van der Waals surface area contributed by atoms with Crippen LogP contribution in [0.3, 0.4) is 0 Å². The maximum atomic E-state index is 12.4. The summed E-state index contributed by atoms with van der Waals surface area (Å²) in [5, 5.41) is 16.9. The Bertz CT molecular complexity index is 745. The summed E-state index contributed by atoms with van der Waals surface area (Å²) in [6.07, 6.45) is 0.508. The summed E-state index contributed by atoms with van der Waals surface area (Å²) in [5.41, 5.74) is 0.370. The second-order valence-corrected chi connectivity index (χ2v) is 7.30. The molecule has 1 aromatic rings. The van der Waals surface area contributed by atoms with Crippen molar-refractivity contribution in [3.8, 4) is 0 Å². The Kier molecular flexibility index (Phi) is 3.86. The Morgan fingerprint density at radius 1 is 1.13 bits per heavy atom. The number of nitrogens with two attached hydrogens (primary N) is 1. The number of anilines is 1. The number of ether oxygens (including phenoxy) is 1. The molecule has 0 spiro atoms. The van der Waals surface area contributed by atoms with Gasteiger partial charge in [-0.25, -0.2) is 13.6 Å². The minimum Gasteiger partial charge on any atom is -0.481 e. The highest BCUT2D eigenvalue weighted by molar-refractivity contribution is 7.89. The number of hydrogen-bond donors (Lipinski definition) is 3. The van der Waals surface area contributed by atoms with Crippen LogP contribution in [-0.2, 0) is 24.3 Å². The maximum absolute atomic E-state index is 12.4. The normalized spacial score (nSPS) is 29.4. The number of primary sulfonamides is 1. The third-order valence-corrected chi connectivity index (χ3v) is 5.24. The van der Waals surface area contributed by atoms with Crippen LogP contribution in [0.1, 0.15) is 12.8 Å². The van der Waals surface area contributed by atoms with Gasteiger partial charge in [-0.05, 0) is 37.1 Å². The fourth-order valence-electron chi connectivity index (χ4n) is 3.28. The first kappa shape index (κ1) is 15.9. The molecule has 0 radical (unpaired) electrons. The molecule has 2 aliphatic heterocycles. The van der Waals surface area contributed by atoms with Crippen LogP contribution >= 0.6 is 0 Å². The number of nitrogens with one attached hydrogen (secondary N) is 1. The summed E-state index contributed by atoms with van der Waals surface area (Å²) >= 11 is 0. The van der Waals surface area contributed by atoms with Crippen molar-refractivity contribution in [1.29, 1.82) is 0 Å². The molecule has 4 unspecified atom stereocenters. The summed E-state index contributed by atoms with van der Waals surface area (Å²) in [6, 6.07) is 5.36. The fourth-order valence-corrected chi connectivity index (χ4v) is 3.79. The van der Waals surface area contributed by atoms with E-state index in [0.717, 1.165) is 0 Å². The van der Waals surface area contributed by atoms with E-state index in [1.807, 2.05) is 0 Å². The van der Waals surface area contributed by atoms with E-state index in [1.165, 1.54) is 24.3 Å². The van der Waals surface area contributed by atoms with Gasteiger partial charge in [0, 0.05) is 5.69 Å². The number of fused-ring (bicyclic) bond motifs is 2. The topological polar surface area (TPSA) is 136 Å². The molecular weight excluding hydrogens is 324 g/mol. The number of aliphatic carboxylic acids is 1. The van der Waals surface area contributed by atoms with Crippen LogP contribution in [0.15, 0.2) is 29.2 Å². The monoisotopic (exact) mass is 340 g/mol. The molecule has 1 amide bonds. The van der Waals surface area contributed by atoms with Crippen molar-refractivity contribution in [2.45, 2.75) is 29.9 Å². The summed E-state index contributed by atoms with van der Waals surface area (Å²) in [4.78, 5) is 23.7. The van der Waals surface area contributed by atoms with E-state index in [0.29, 0.717) is 18.5 Å². The lowest BCUT2D eigenvalue weighted by Crippen LogP contribution is -2.40. The van der Waals surface area contributed by atoms with Gasteiger partial charge in [0.15, 0.2) is 0 Å². The predicted octanol–water partition coefficient (Wildman–Crippen LogP) is 0.151. The molecule has 2 bridgehead atoms. The number of carboxylic acid groups (broad SMARTS) is 1. The SMILES string of the molecule is NS(=O)(=O)c1ccc(NC(=O)C2C3CCC(O3)C2C(=O)O)cc1. The fraction of sp³-hybridized carbons (Fsp3) is 0.429. The quantitative estimate of drug-likeness (QED) is 0.714. The van der Waals surface area contributed by atoms with Gasteiger partial charge < -0.3 is 15.2 Å². The van der Waals surface area contributed by atoms with Crippen molar-refractivity contribution >= 4 is 27.6 Å². The minimum atomic E-state index is -3.80. The van der Waals surface area contributed by atoms with Gasteiger partial charge in [0.05, 0.1) is 28.9 Å². The zero-order chi connectivity index (χ0) is 16.8. The summed E-state index contributed by atoms with van der Waals surface area (Å²) in [7, 11) is -3.80. The Morgan fingerprint density at radius 2 is 1.70 bits per heavy atom. The van der Waals surface area contributed by atoms with E-state index in [9.17, 15) is 23.1 Å². The molecule has 4 atom stereocenters. The van der Waals surface area contributed by atoms with Crippen LogP contribution in [0.5, 0.6) is 0 Å². The van der Waals surface area contributed by atoms with Crippen molar-refractivity contribution in [2.24, 2.45) is 17.0 Å². The molecule has 9 heteroatoms. The highest BCUT2D eigenvalue weighted by atomic mass is 32.2. The summed E-state index contributed by atoms with van der Waals surface area (Å²) < 4.78 is 27.9. The van der Waals surface area contributed by atoms with Gasteiger partial charge in [-0.3, -0.25) is 9.59 Å². The number of carbonyl (C=O) groups is 2. The zero-order valence-electron chi connectivity index (χ0n) is 12.0. The largest absolute Gasteiger partial charge is 0.481 e. The summed E-state index contributed by atoms with van der Waals surface area (Å²) in [6.45, 7) is 0. The van der Waals surface area contributed by atoms with Gasteiger partial charge in [-0.1, -0.05) is 0 Å². The Hall–Kier alpha value is -1.97. The standard InChI is InChI=1S/C14H16N2O6S/c15-23(20,21)8-3-1-7(2-4-8)16-13(17)11-9-5-6-10(22-9)12(11)14(18)19/h1-4,9-12H,5-6H2,(H,16,17)(H,18,19)(H2,15,20,21). The van der Waals surface area contributed by atoms with Gasteiger partial charge in [0.2, 0.25) is 15.9 Å². The number of sulfonamides is 1. The number of rotatable bonds is 4. The third kappa shape index (κ3) is 2.94. The van der Waals surface area contributed by atoms with Crippen LogP contribution in [-0.4, -0.2) is 37.6 Å². The van der Waals surface area contributed by atoms with Gasteiger partial charge in [0.1, 0.15) is 0 Å². The number of hydrogen-bond acceptors (Lipinski definition) is 5. The van der Waals surface area contributed by atoms with Gasteiger partial charge in [0.25, 0.3) is 0 Å². The van der Waals surface area contributed by atoms with E-state index in [-0.39, 0.29) is 11.0 Å². The Labute approximate surface area is 132 Å². The zero-order valence-corrected chi connectivity index (χ0v) is 12.8. The molecule has 0 saturated carbocycles. The first-order chi connectivity index (χ1) is 10.8. The summed E-state index contributed by atoms with van der Waals surface area (Å²) in [5.74, 6) is -3.07. The molecule has 1 aromatic carbocycles. The highest BCUT2D eigenvalue weighted by Crippen LogP contribution is 2.44. The van der Waals surface area contributed by atoms with E-state index in [1.54, 1.807) is 0 Å². The lowest BCUT2D eigenvalue weighted by molar-refractivity contribution is -0.147. The number of carbonyl (C=O) groups excluding carboxylic acids is 1. The molecule has 124 valence electrons. The van der Waals surface area contributed by atoms with Crippen LogP contribution < -0.4 is 10.5 Å². The molecular formula is C14H16N2O6S. The number of benzene rings is 1. The predicted molar refractivity (Wildman–Crippen MR) is 79.0 cm³/mol. The minimum absolute atomic E-state index is 0.0674. The van der Waals surface area contributed by atoms with Crippen molar-refractivity contribution in [3.05, 3.63) is 24.3 Å². The van der Waals surface area contributed by atoms with Crippen LogP contribution in [0.4, 0.5) is 5.69 Å². The highest BCUT2D eigenvalue weighted by Gasteiger charge is 2.55. The van der Waals surface area contributed by atoms with Gasteiger partial charge in [-0.15, -0.1) is 0 Å². The lowest BCUT2D eigenvalue weighted by Gasteiger charge is -2.23. The van der Waals surface area contributed by atoms with Crippen molar-refractivity contribution in [1.82, 2.24) is 0 Å². The third-order valence-electron chi connectivity index (χ3n) is 4.31. The number of amides is 1. The smallest absolute Gasteiger partial charge is 0.310 e. The average Bonchev–Trinajstić information content (AvgIpc) is 3.07. The molecule has 2 fully saturated rings. The molecule has 3 rings (SSSR count). The first-order valence-corrected chi connectivity index (χ1v) is 8.64.